The van der Waals surface area contributed by atoms with Crippen molar-refractivity contribution in [1.29, 1.82) is 0 Å². The first kappa shape index (κ1) is 13.1. The third-order valence-corrected chi connectivity index (χ3v) is 3.66. The summed E-state index contributed by atoms with van der Waals surface area (Å²) in [5.41, 5.74) is 5.64. The molecule has 0 unspecified atom stereocenters. The number of nitrogens with two attached hydrogens (primary N) is 1. The number of hydrogen-bond acceptors (Lipinski definition) is 5. The molecule has 0 spiro atoms. The van der Waals surface area contributed by atoms with Gasteiger partial charge in [-0.1, -0.05) is 6.92 Å². The maximum absolute atomic E-state index is 5.64. The minimum atomic E-state index is 0.478. The molecule has 1 saturated heterocycles. The molecule has 2 heterocycles. The molecule has 1 aromatic heterocycles. The summed E-state index contributed by atoms with van der Waals surface area (Å²) in [5, 5.41) is 0. The van der Waals surface area contributed by atoms with Crippen molar-refractivity contribution in [2.24, 2.45) is 5.92 Å². The lowest BCUT2D eigenvalue weighted by Gasteiger charge is -2.31. The van der Waals surface area contributed by atoms with Crippen molar-refractivity contribution in [2.45, 2.75) is 19.8 Å². The second-order valence-electron chi connectivity index (χ2n) is 5.25. The Balaban J connectivity index is 1.79. The van der Waals surface area contributed by atoms with E-state index in [1.54, 1.807) is 12.4 Å². The quantitative estimate of drug-likeness (QED) is 0.869. The highest BCUT2D eigenvalue weighted by molar-refractivity contribution is 5.40. The third kappa shape index (κ3) is 3.57. The highest BCUT2D eigenvalue weighted by Gasteiger charge is 2.15. The largest absolute Gasteiger partial charge is 0.382 e. The molecule has 5 heteroatoms. The number of anilines is 2. The van der Waals surface area contributed by atoms with Gasteiger partial charge in [-0.05, 0) is 31.8 Å². The van der Waals surface area contributed by atoms with Gasteiger partial charge in [0.25, 0.3) is 0 Å². The van der Waals surface area contributed by atoms with Crippen molar-refractivity contribution in [3.63, 3.8) is 0 Å². The molecule has 0 radical (unpaired) electrons. The topological polar surface area (TPSA) is 58.3 Å². The van der Waals surface area contributed by atoms with E-state index in [2.05, 4.69) is 26.7 Å². The molecule has 1 fully saturated rings. The minimum Gasteiger partial charge on any atom is -0.382 e. The summed E-state index contributed by atoms with van der Waals surface area (Å²) < 4.78 is 0. The molecule has 0 aliphatic carbocycles. The van der Waals surface area contributed by atoms with Crippen LogP contribution in [0.25, 0.3) is 0 Å². The summed E-state index contributed by atoms with van der Waals surface area (Å²) >= 11 is 0. The van der Waals surface area contributed by atoms with Crippen LogP contribution < -0.4 is 10.6 Å². The van der Waals surface area contributed by atoms with Crippen molar-refractivity contribution in [1.82, 2.24) is 14.9 Å². The molecule has 0 aromatic carbocycles. The summed E-state index contributed by atoms with van der Waals surface area (Å²) in [6.45, 7) is 6.83. The van der Waals surface area contributed by atoms with E-state index < -0.39 is 0 Å². The Labute approximate surface area is 109 Å². The normalized spacial score (nSPS) is 17.9. The van der Waals surface area contributed by atoms with E-state index in [1.807, 2.05) is 7.05 Å². The van der Waals surface area contributed by atoms with E-state index in [0.717, 1.165) is 24.8 Å². The van der Waals surface area contributed by atoms with Gasteiger partial charge in [0.2, 0.25) is 0 Å². The summed E-state index contributed by atoms with van der Waals surface area (Å²) in [7, 11) is 2.04. The number of nitrogens with zero attached hydrogens (tertiary/aromatic N) is 4. The van der Waals surface area contributed by atoms with E-state index in [9.17, 15) is 0 Å². The van der Waals surface area contributed by atoms with Crippen LogP contribution in [-0.4, -0.2) is 48.1 Å². The SMILES string of the molecule is CC1CCN(CCN(C)c2cncc(N)n2)CC1. The Bertz CT molecular complexity index is 373. The summed E-state index contributed by atoms with van der Waals surface area (Å²) in [6, 6.07) is 0. The fourth-order valence-electron chi connectivity index (χ4n) is 2.25. The van der Waals surface area contributed by atoms with E-state index in [0.29, 0.717) is 5.82 Å². The smallest absolute Gasteiger partial charge is 0.149 e. The maximum atomic E-state index is 5.64. The Morgan fingerprint density at radius 2 is 2.11 bits per heavy atom. The molecular weight excluding hydrogens is 226 g/mol. The fourth-order valence-corrected chi connectivity index (χ4v) is 2.25. The lowest BCUT2D eigenvalue weighted by atomic mass is 9.99. The number of likely N-dealkylation sites (tertiary alicyclic amines) is 1. The van der Waals surface area contributed by atoms with E-state index in [4.69, 9.17) is 5.73 Å². The lowest BCUT2D eigenvalue weighted by Crippen LogP contribution is -2.38. The molecule has 0 bridgehead atoms. The number of rotatable bonds is 4. The number of likely N-dealkylation sites (N-methyl/N-ethyl adjacent to an activating group) is 1. The van der Waals surface area contributed by atoms with Gasteiger partial charge < -0.3 is 15.5 Å². The predicted octanol–water partition coefficient (Wildman–Crippen LogP) is 1.23. The van der Waals surface area contributed by atoms with Gasteiger partial charge in [0.1, 0.15) is 11.6 Å². The molecule has 1 aliphatic rings. The molecule has 0 atom stereocenters. The molecule has 2 N–H and O–H groups in total. The average molecular weight is 249 g/mol. The Morgan fingerprint density at radius 1 is 1.39 bits per heavy atom. The van der Waals surface area contributed by atoms with E-state index >= 15 is 0 Å². The average Bonchev–Trinajstić information content (AvgIpc) is 2.38. The highest BCUT2D eigenvalue weighted by Crippen LogP contribution is 2.16. The number of aromatic nitrogens is 2. The van der Waals surface area contributed by atoms with Crippen molar-refractivity contribution >= 4 is 11.6 Å². The third-order valence-electron chi connectivity index (χ3n) is 3.66. The Hall–Kier alpha value is -1.36. The summed E-state index contributed by atoms with van der Waals surface area (Å²) in [6.07, 6.45) is 5.97. The first-order valence-electron chi connectivity index (χ1n) is 6.66. The summed E-state index contributed by atoms with van der Waals surface area (Å²) in [5.74, 6) is 2.21. The van der Waals surface area contributed by atoms with Gasteiger partial charge in [-0.3, -0.25) is 4.98 Å². The number of piperidine rings is 1. The second kappa shape index (κ2) is 6.00. The van der Waals surface area contributed by atoms with Crippen molar-refractivity contribution in [2.75, 3.05) is 43.9 Å². The lowest BCUT2D eigenvalue weighted by molar-refractivity contribution is 0.196. The molecule has 5 nitrogen and oxygen atoms in total. The van der Waals surface area contributed by atoms with Crippen LogP contribution in [0.3, 0.4) is 0 Å². The van der Waals surface area contributed by atoms with Crippen LogP contribution in [0.1, 0.15) is 19.8 Å². The van der Waals surface area contributed by atoms with Gasteiger partial charge in [0, 0.05) is 20.1 Å². The summed E-state index contributed by atoms with van der Waals surface area (Å²) in [4.78, 5) is 13.0. The van der Waals surface area contributed by atoms with E-state index in [-0.39, 0.29) is 0 Å². The zero-order valence-electron chi connectivity index (χ0n) is 11.3. The maximum Gasteiger partial charge on any atom is 0.149 e. The first-order valence-corrected chi connectivity index (χ1v) is 6.66. The Kier molecular flexibility index (Phi) is 4.36. The van der Waals surface area contributed by atoms with Crippen molar-refractivity contribution < 1.29 is 0 Å². The van der Waals surface area contributed by atoms with Gasteiger partial charge in [-0.25, -0.2) is 4.98 Å². The fraction of sp³-hybridized carbons (Fsp3) is 0.692. The first-order chi connectivity index (χ1) is 8.65. The van der Waals surface area contributed by atoms with Crippen molar-refractivity contribution in [3.8, 4) is 0 Å². The second-order valence-corrected chi connectivity index (χ2v) is 5.25. The number of hydrogen-bond donors (Lipinski definition) is 1. The van der Waals surface area contributed by atoms with Crippen LogP contribution in [0, 0.1) is 5.92 Å². The highest BCUT2D eigenvalue weighted by atomic mass is 15.2. The van der Waals surface area contributed by atoms with Crippen LogP contribution in [0.15, 0.2) is 12.4 Å². The molecule has 18 heavy (non-hydrogen) atoms. The standard InChI is InChI=1S/C13H23N5/c1-11-3-5-18(6-4-11)8-7-17(2)13-10-15-9-12(14)16-13/h9-11H,3-8H2,1-2H3,(H2,14,16). The molecule has 2 rings (SSSR count). The van der Waals surface area contributed by atoms with Gasteiger partial charge in [0.05, 0.1) is 12.4 Å². The Morgan fingerprint density at radius 3 is 2.78 bits per heavy atom. The molecule has 0 amide bonds. The zero-order valence-corrected chi connectivity index (χ0v) is 11.3. The van der Waals surface area contributed by atoms with Crippen LogP contribution in [0.2, 0.25) is 0 Å². The van der Waals surface area contributed by atoms with Crippen LogP contribution in [-0.2, 0) is 0 Å². The van der Waals surface area contributed by atoms with Gasteiger partial charge in [-0.15, -0.1) is 0 Å². The van der Waals surface area contributed by atoms with Gasteiger partial charge >= 0.3 is 0 Å². The van der Waals surface area contributed by atoms with Gasteiger partial charge in [-0.2, -0.15) is 0 Å². The molecule has 1 aliphatic heterocycles. The monoisotopic (exact) mass is 249 g/mol. The molecule has 0 saturated carbocycles. The minimum absolute atomic E-state index is 0.478. The zero-order chi connectivity index (χ0) is 13.0. The molecular formula is C13H23N5. The number of nitrogen functional groups attached to an aromatic ring is 1. The molecule has 100 valence electrons. The van der Waals surface area contributed by atoms with Crippen LogP contribution in [0.5, 0.6) is 0 Å². The van der Waals surface area contributed by atoms with Crippen LogP contribution in [0.4, 0.5) is 11.6 Å². The van der Waals surface area contributed by atoms with Crippen LogP contribution >= 0.6 is 0 Å². The predicted molar refractivity (Wildman–Crippen MR) is 74.6 cm³/mol. The molecule has 1 aromatic rings. The van der Waals surface area contributed by atoms with Gasteiger partial charge in [0.15, 0.2) is 0 Å². The van der Waals surface area contributed by atoms with E-state index in [1.165, 1.54) is 25.9 Å². The van der Waals surface area contributed by atoms with Crippen molar-refractivity contribution in [3.05, 3.63) is 12.4 Å².